The maximum Gasteiger partial charge on any atom is 0.170 e. The van der Waals surface area contributed by atoms with E-state index in [2.05, 4.69) is 254 Å². The standard InChI is InChI=1S/C11H15N.C11H13N.C7H10N.2C7H15N.C7H11N.C6H13NS.C6H9N.C6H13N.C6H12.2C2H6/c1-9-7-10-5-3-4-6-11(10)8-12(9)2;1-3-10-8-9-6-4-5-7-11(9)12(10)2;1-7-4-3-5-8(2)6-7;2*1-7-5-3-4-6-8(7)2;1-3-7-5-4-6-8(7)2;1-6-4-8(3)5-7(6)2;1-6-3-4-7(2)5-6;1-6-4-3-5-7(6)2;1-6-4-2-3-5-6;2*1-2/h3-6,9H,7-8H2,1-2H3;4-8H,3H2,1-2H3;3-4,6H,1,5H2,2H3;2*7H,3-6H2,1-2H3;4-6H,3H2,1-2H3;6H,3-5H2,1-2H3;3-5H,1-2H3;6H,3-5H2,1-2H3;6H,2-5H2,1H3;2*1-2H3/q;;+1;;;;;;;;;. The molecule has 88 heavy (non-hydrogen) atoms. The van der Waals surface area contributed by atoms with Gasteiger partial charge in [-0.15, -0.1) is 0 Å². The number of para-hydroxylation sites is 1. The van der Waals surface area contributed by atoms with Gasteiger partial charge in [-0.2, -0.15) is 10.5 Å². The number of hydrogen-bond donors (Lipinski definition) is 0. The Hall–Kier alpha value is -4.29. The predicted octanol–water partition coefficient (Wildman–Crippen LogP) is 17.9. The molecule has 0 N–H and O–H groups in total. The first-order valence-electron chi connectivity index (χ1n) is 34.7. The van der Waals surface area contributed by atoms with Crippen LogP contribution in [0.25, 0.3) is 10.9 Å². The fourth-order valence-corrected chi connectivity index (χ4v) is 13.2. The molecule has 6 atom stereocenters. The number of likely N-dealkylation sites (tertiary alicyclic amines) is 3. The summed E-state index contributed by atoms with van der Waals surface area (Å²) in [5.41, 5.74) is 9.55. The van der Waals surface area contributed by atoms with Crippen molar-refractivity contribution in [1.82, 2.24) is 38.2 Å². The van der Waals surface area contributed by atoms with E-state index in [0.717, 1.165) is 61.6 Å². The van der Waals surface area contributed by atoms with Gasteiger partial charge >= 0.3 is 0 Å². The zero-order chi connectivity index (χ0) is 66.1. The first kappa shape index (κ1) is 81.7. The summed E-state index contributed by atoms with van der Waals surface area (Å²) in [4.78, 5) is 12.0. The summed E-state index contributed by atoms with van der Waals surface area (Å²) in [6.07, 6.45) is 33.0. The van der Waals surface area contributed by atoms with E-state index < -0.39 is 0 Å². The molecule has 9 heterocycles. The Morgan fingerprint density at radius 1 is 0.557 bits per heavy atom. The molecule has 0 spiro atoms. The molecule has 5 aromatic rings. The molecule has 0 amide bonds. The Labute approximate surface area is 547 Å². The number of benzene rings is 2. The highest BCUT2D eigenvalue weighted by Crippen LogP contribution is 2.25. The molecule has 7 aliphatic rings. The first-order valence-corrected chi connectivity index (χ1v) is 36.4. The molecular formula is C78H138N9S+. The van der Waals surface area contributed by atoms with Crippen molar-refractivity contribution < 1.29 is 4.58 Å². The second kappa shape index (κ2) is 47.6. The number of piperidine rings is 2. The number of nitrogens with zero attached hydrogens (tertiary/aromatic N) is 9. The van der Waals surface area contributed by atoms with Crippen molar-refractivity contribution in [2.45, 2.75) is 223 Å². The molecule has 0 bridgehead atoms. The lowest BCUT2D eigenvalue weighted by atomic mass is 9.96. The number of likely N-dealkylation sites (N-methyl/N-ethyl adjacent to an activating group) is 2. The zero-order valence-electron chi connectivity index (χ0n) is 61.3. The Bertz CT molecular complexity index is 2520. The number of fused-ring (bicyclic) bond motifs is 2. The van der Waals surface area contributed by atoms with Crippen LogP contribution in [0.2, 0.25) is 0 Å². The van der Waals surface area contributed by atoms with Gasteiger partial charge in [0, 0.05) is 111 Å². The minimum atomic E-state index is 0.443. The largest absolute Gasteiger partial charge is 0.357 e. The second-order valence-electron chi connectivity index (χ2n) is 25.7. The fraction of sp³-hybridized carbons (Fsp3) is 0.641. The molecule has 9 nitrogen and oxygen atoms in total. The summed E-state index contributed by atoms with van der Waals surface area (Å²) in [7, 11) is 19.7. The van der Waals surface area contributed by atoms with Crippen LogP contribution in [0.3, 0.4) is 0 Å². The molecule has 6 aliphatic heterocycles. The number of hydrogen-bond acceptors (Lipinski definition) is 5. The normalized spacial score (nSPS) is 22.3. The maximum absolute atomic E-state index is 4.02. The first-order chi connectivity index (χ1) is 42.0. The van der Waals surface area contributed by atoms with E-state index in [1.54, 1.807) is 0 Å². The molecule has 0 radical (unpaired) electrons. The van der Waals surface area contributed by atoms with Crippen molar-refractivity contribution in [3.8, 4) is 0 Å². The lowest BCUT2D eigenvalue weighted by Crippen LogP contribution is -2.34. The van der Waals surface area contributed by atoms with Crippen molar-refractivity contribution >= 4 is 33.5 Å². The molecule has 5 fully saturated rings. The molecule has 12 rings (SSSR count). The number of allylic oxidation sites excluding steroid dienone is 2. The molecular weight excluding hydrogens is 1090 g/mol. The van der Waals surface area contributed by atoms with Crippen LogP contribution in [0.5, 0.6) is 0 Å². The van der Waals surface area contributed by atoms with Gasteiger partial charge in [0.25, 0.3) is 0 Å². The Morgan fingerprint density at radius 2 is 1.08 bits per heavy atom. The van der Waals surface area contributed by atoms with Crippen LogP contribution in [0, 0.1) is 12.8 Å². The Kier molecular flexibility index (Phi) is 44.2. The third-order valence-corrected chi connectivity index (χ3v) is 19.9. The molecule has 500 valence electrons. The van der Waals surface area contributed by atoms with Gasteiger partial charge in [-0.05, 0) is 225 Å². The van der Waals surface area contributed by atoms with Gasteiger partial charge in [0.1, 0.15) is 7.05 Å². The average molecular weight is 1230 g/mol. The number of aryl methyl sites for hydroxylation is 6. The summed E-state index contributed by atoms with van der Waals surface area (Å²) in [6.45, 7) is 38.0. The maximum atomic E-state index is 4.02. The quantitative estimate of drug-likeness (QED) is 0.130. The van der Waals surface area contributed by atoms with Crippen LogP contribution in [0.1, 0.15) is 188 Å². The van der Waals surface area contributed by atoms with E-state index in [0.29, 0.717) is 16.5 Å². The van der Waals surface area contributed by atoms with Crippen molar-refractivity contribution in [3.63, 3.8) is 0 Å². The van der Waals surface area contributed by atoms with Crippen LogP contribution in [-0.4, -0.2) is 165 Å². The van der Waals surface area contributed by atoms with E-state index in [1.807, 2.05) is 64.8 Å². The monoisotopic (exact) mass is 1230 g/mol. The minimum absolute atomic E-state index is 0.443. The molecule has 1 saturated carbocycles. The predicted molar refractivity (Wildman–Crippen MR) is 399 cm³/mol. The van der Waals surface area contributed by atoms with Crippen LogP contribution >= 0.6 is 10.5 Å². The summed E-state index contributed by atoms with van der Waals surface area (Å²) in [6, 6.07) is 29.8. The highest BCUT2D eigenvalue weighted by atomic mass is 32.2. The van der Waals surface area contributed by atoms with Crippen molar-refractivity contribution in [1.29, 1.82) is 0 Å². The van der Waals surface area contributed by atoms with E-state index in [4.69, 9.17) is 0 Å². The second-order valence-corrected chi connectivity index (χ2v) is 27.6. The fourth-order valence-electron chi connectivity index (χ4n) is 11.4. The van der Waals surface area contributed by atoms with Gasteiger partial charge in [0.05, 0.1) is 0 Å². The Morgan fingerprint density at radius 3 is 1.41 bits per heavy atom. The molecule has 2 aromatic carbocycles. The van der Waals surface area contributed by atoms with Crippen molar-refractivity contribution in [3.05, 3.63) is 144 Å². The van der Waals surface area contributed by atoms with E-state index in [-0.39, 0.29) is 0 Å². The number of rotatable bonds is 2. The van der Waals surface area contributed by atoms with E-state index in [9.17, 15) is 0 Å². The van der Waals surface area contributed by atoms with Gasteiger partial charge in [0.2, 0.25) is 0 Å². The minimum Gasteiger partial charge on any atom is -0.357 e. The smallest absolute Gasteiger partial charge is 0.170 e. The molecule has 6 unspecified atom stereocenters. The Balaban J connectivity index is 0.000000489. The van der Waals surface area contributed by atoms with Crippen molar-refractivity contribution in [2.24, 2.45) is 27.1 Å². The lowest BCUT2D eigenvalue weighted by Gasteiger charge is -2.31. The van der Waals surface area contributed by atoms with Crippen LogP contribution in [0.4, 0.5) is 0 Å². The summed E-state index contributed by atoms with van der Waals surface area (Å²) in [5.74, 6) is 7.58. The van der Waals surface area contributed by atoms with Gasteiger partial charge in [0.15, 0.2) is 12.8 Å². The lowest BCUT2D eigenvalue weighted by molar-refractivity contribution is -0.481. The van der Waals surface area contributed by atoms with Crippen LogP contribution in [0.15, 0.2) is 116 Å². The molecule has 4 saturated heterocycles. The molecule has 3 aromatic heterocycles. The van der Waals surface area contributed by atoms with E-state index >= 15 is 0 Å². The third-order valence-electron chi connectivity index (χ3n) is 18.1. The average Bonchev–Trinajstić information content (AvgIpc) is 2.18. The summed E-state index contributed by atoms with van der Waals surface area (Å²) >= 11 is 0. The van der Waals surface area contributed by atoms with E-state index in [1.165, 1.54) is 154 Å². The van der Waals surface area contributed by atoms with Gasteiger partial charge in [-0.1, -0.05) is 142 Å². The van der Waals surface area contributed by atoms with Gasteiger partial charge in [-0.3, -0.25) is 9.80 Å². The SMILES string of the molecule is C=C1C=CC[N+](C)=C1.C=S1CC(C)N(C)C1.CC.CC.CC1CCCC1.CC1CCCCN1C.CC1CCCCN1C.CC1CCCN1C.CC1Cc2ccccc2CN1C.CCc1cc2ccccc2n1C.CCc1cccn1C.Cc1ccn(C)c1. The highest BCUT2D eigenvalue weighted by Gasteiger charge is 2.20. The third kappa shape index (κ3) is 33.7. The zero-order valence-corrected chi connectivity index (χ0v) is 62.1. The molecule has 10 heteroatoms. The van der Waals surface area contributed by atoms with Crippen LogP contribution in [-0.2, 0) is 47.0 Å². The molecule has 1 aliphatic carbocycles. The van der Waals surface area contributed by atoms with Crippen LogP contribution < -0.4 is 0 Å². The van der Waals surface area contributed by atoms with Crippen molar-refractivity contribution in [2.75, 3.05) is 80.1 Å². The van der Waals surface area contributed by atoms with Gasteiger partial charge in [-0.25, -0.2) is 4.58 Å². The topological polar surface area (TPSA) is 34.0 Å². The number of aromatic nitrogens is 3. The summed E-state index contributed by atoms with van der Waals surface area (Å²) < 4.78 is 8.53. The van der Waals surface area contributed by atoms with Gasteiger partial charge < -0.3 is 28.4 Å². The summed E-state index contributed by atoms with van der Waals surface area (Å²) in [5, 5.41) is 1.34. The highest BCUT2D eigenvalue weighted by molar-refractivity contribution is 8.14.